The van der Waals surface area contributed by atoms with Crippen LogP contribution in [-0.4, -0.2) is 45.4 Å². The highest BCUT2D eigenvalue weighted by molar-refractivity contribution is 5.37. The molecule has 0 amide bonds. The lowest BCUT2D eigenvalue weighted by Crippen LogP contribution is -2.36. The Morgan fingerprint density at radius 2 is 1.93 bits per heavy atom. The first-order valence-electron chi connectivity index (χ1n) is 5.20. The lowest BCUT2D eigenvalue weighted by atomic mass is 10.4. The summed E-state index contributed by atoms with van der Waals surface area (Å²) in [6.45, 7) is 3.54. The molecule has 1 aliphatic heterocycles. The van der Waals surface area contributed by atoms with Gasteiger partial charge in [0.25, 0.3) is 0 Å². The second kappa shape index (κ2) is 7.20. The van der Waals surface area contributed by atoms with Gasteiger partial charge in [0.2, 0.25) is 0 Å². The van der Waals surface area contributed by atoms with E-state index in [9.17, 15) is 0 Å². The Morgan fingerprint density at radius 3 is 2.47 bits per heavy atom. The quantitative estimate of drug-likeness (QED) is 0.741. The van der Waals surface area contributed by atoms with Crippen molar-refractivity contribution in [1.29, 1.82) is 0 Å². The summed E-state index contributed by atoms with van der Waals surface area (Å²) in [6, 6.07) is 5.98. The van der Waals surface area contributed by atoms with Crippen molar-refractivity contribution >= 4 is 5.82 Å². The van der Waals surface area contributed by atoms with E-state index in [2.05, 4.69) is 15.2 Å². The number of anilines is 1. The minimum atomic E-state index is 0.816. The molecule has 1 fully saturated rings. The van der Waals surface area contributed by atoms with Crippen molar-refractivity contribution in [3.05, 3.63) is 24.4 Å². The van der Waals surface area contributed by atoms with Gasteiger partial charge in [0.15, 0.2) is 0 Å². The van der Waals surface area contributed by atoms with Gasteiger partial charge in [-0.25, -0.2) is 4.98 Å². The number of nitrogens with one attached hydrogen (secondary N) is 1. The molecule has 0 bridgehead atoms. The van der Waals surface area contributed by atoms with E-state index in [1.165, 1.54) is 0 Å². The minimum absolute atomic E-state index is 0.816. The Hall–Kier alpha value is -1.13. The first-order chi connectivity index (χ1) is 7.38. The van der Waals surface area contributed by atoms with Crippen LogP contribution in [0.4, 0.5) is 5.82 Å². The number of hydrogen-bond donors (Lipinski definition) is 1. The molecule has 0 saturated carbocycles. The van der Waals surface area contributed by atoms with Gasteiger partial charge in [-0.1, -0.05) is 6.07 Å². The number of morpholine rings is 1. The van der Waals surface area contributed by atoms with Crippen LogP contribution in [-0.2, 0) is 4.74 Å². The normalized spacial score (nSPS) is 15.5. The largest absolute Gasteiger partial charge is 0.378 e. The summed E-state index contributed by atoms with van der Waals surface area (Å²) in [7, 11) is 3.75. The summed E-state index contributed by atoms with van der Waals surface area (Å²) in [5.74, 6) is 1.06. The van der Waals surface area contributed by atoms with Gasteiger partial charge in [-0.2, -0.15) is 0 Å². The van der Waals surface area contributed by atoms with E-state index >= 15 is 0 Å². The smallest absolute Gasteiger partial charge is 0.128 e. The summed E-state index contributed by atoms with van der Waals surface area (Å²) >= 11 is 0. The zero-order valence-electron chi connectivity index (χ0n) is 9.44. The fraction of sp³-hybridized carbons (Fsp3) is 0.545. The van der Waals surface area contributed by atoms with Crippen molar-refractivity contribution in [2.24, 2.45) is 0 Å². The van der Waals surface area contributed by atoms with Crippen molar-refractivity contribution in [3.63, 3.8) is 0 Å². The molecule has 1 aliphatic rings. The maximum Gasteiger partial charge on any atom is 0.128 e. The van der Waals surface area contributed by atoms with Crippen molar-refractivity contribution in [3.8, 4) is 0 Å². The van der Waals surface area contributed by atoms with E-state index in [0.717, 1.165) is 32.1 Å². The molecule has 2 heterocycles. The number of ether oxygens (including phenoxy) is 1. The van der Waals surface area contributed by atoms with Crippen molar-refractivity contribution in [2.75, 3.05) is 45.3 Å². The summed E-state index contributed by atoms with van der Waals surface area (Å²) in [4.78, 5) is 6.51. The van der Waals surface area contributed by atoms with Gasteiger partial charge >= 0.3 is 0 Å². The van der Waals surface area contributed by atoms with E-state index in [1.54, 1.807) is 0 Å². The standard InChI is InChI=1S/C9H12N2O.C2H7N/c1-2-4-10-9(3-1)11-5-7-12-8-6-11;1-3-2/h1-4H,5-8H2;3H,1-2H3. The first kappa shape index (κ1) is 11.9. The highest BCUT2D eigenvalue weighted by Gasteiger charge is 2.10. The fourth-order valence-electron chi connectivity index (χ4n) is 1.33. The summed E-state index contributed by atoms with van der Waals surface area (Å²) < 4.78 is 5.25. The van der Waals surface area contributed by atoms with Gasteiger partial charge in [-0.05, 0) is 26.2 Å². The maximum atomic E-state index is 5.25. The average Bonchev–Trinajstić information content (AvgIpc) is 2.32. The van der Waals surface area contributed by atoms with E-state index in [4.69, 9.17) is 4.74 Å². The lowest BCUT2D eigenvalue weighted by Gasteiger charge is -2.27. The molecule has 15 heavy (non-hydrogen) atoms. The van der Waals surface area contributed by atoms with Gasteiger partial charge in [0.05, 0.1) is 13.2 Å². The summed E-state index contributed by atoms with van der Waals surface area (Å²) in [6.07, 6.45) is 1.82. The zero-order valence-corrected chi connectivity index (χ0v) is 9.44. The van der Waals surface area contributed by atoms with Crippen molar-refractivity contribution in [1.82, 2.24) is 10.3 Å². The second-order valence-electron chi connectivity index (χ2n) is 3.29. The lowest BCUT2D eigenvalue weighted by molar-refractivity contribution is 0.122. The average molecular weight is 209 g/mol. The monoisotopic (exact) mass is 209 g/mol. The van der Waals surface area contributed by atoms with Crippen LogP contribution >= 0.6 is 0 Å². The third-order valence-electron chi connectivity index (χ3n) is 1.98. The number of nitrogens with zero attached hydrogens (tertiary/aromatic N) is 2. The van der Waals surface area contributed by atoms with Crippen LogP contribution in [0.1, 0.15) is 0 Å². The molecule has 1 N–H and O–H groups in total. The molecule has 4 heteroatoms. The number of aromatic nitrogens is 1. The third kappa shape index (κ3) is 4.27. The minimum Gasteiger partial charge on any atom is -0.378 e. The van der Waals surface area contributed by atoms with Crippen LogP contribution in [0.5, 0.6) is 0 Å². The molecule has 0 unspecified atom stereocenters. The Labute approximate surface area is 91.3 Å². The van der Waals surface area contributed by atoms with Crippen molar-refractivity contribution < 1.29 is 4.74 Å². The molecule has 0 aromatic carbocycles. The molecule has 1 aromatic heterocycles. The molecule has 84 valence electrons. The predicted molar refractivity (Wildman–Crippen MR) is 62.3 cm³/mol. The molecular weight excluding hydrogens is 190 g/mol. The van der Waals surface area contributed by atoms with E-state index < -0.39 is 0 Å². The Bertz CT molecular complexity index is 247. The van der Waals surface area contributed by atoms with Gasteiger partial charge in [-0.15, -0.1) is 0 Å². The number of pyridine rings is 1. The highest BCUT2D eigenvalue weighted by atomic mass is 16.5. The van der Waals surface area contributed by atoms with Crippen LogP contribution < -0.4 is 10.2 Å². The molecule has 0 spiro atoms. The van der Waals surface area contributed by atoms with Gasteiger partial charge < -0.3 is 15.0 Å². The summed E-state index contributed by atoms with van der Waals surface area (Å²) in [5, 5.41) is 2.75. The predicted octanol–water partition coefficient (Wildman–Crippen LogP) is 0.754. The van der Waals surface area contributed by atoms with Crippen LogP contribution in [0.15, 0.2) is 24.4 Å². The summed E-state index contributed by atoms with van der Waals surface area (Å²) in [5.41, 5.74) is 0. The Kier molecular flexibility index (Phi) is 5.73. The van der Waals surface area contributed by atoms with Crippen LogP contribution in [0.3, 0.4) is 0 Å². The molecule has 0 radical (unpaired) electrons. The van der Waals surface area contributed by atoms with E-state index in [1.807, 2.05) is 38.5 Å². The first-order valence-corrected chi connectivity index (χ1v) is 5.20. The van der Waals surface area contributed by atoms with E-state index in [0.29, 0.717) is 0 Å². The Morgan fingerprint density at radius 1 is 1.27 bits per heavy atom. The van der Waals surface area contributed by atoms with Gasteiger partial charge in [0.1, 0.15) is 5.82 Å². The fourth-order valence-corrected chi connectivity index (χ4v) is 1.33. The molecule has 0 atom stereocenters. The zero-order chi connectivity index (χ0) is 10.9. The molecule has 0 aliphatic carbocycles. The highest BCUT2D eigenvalue weighted by Crippen LogP contribution is 2.10. The number of hydrogen-bond acceptors (Lipinski definition) is 4. The molecule has 2 rings (SSSR count). The maximum absolute atomic E-state index is 5.25. The van der Waals surface area contributed by atoms with Crippen LogP contribution in [0, 0.1) is 0 Å². The Balaban J connectivity index is 0.000000337. The second-order valence-corrected chi connectivity index (χ2v) is 3.29. The SMILES string of the molecule is CNC.c1ccc(N2CCOCC2)nc1. The van der Waals surface area contributed by atoms with E-state index in [-0.39, 0.29) is 0 Å². The van der Waals surface area contributed by atoms with Gasteiger partial charge in [0, 0.05) is 19.3 Å². The number of rotatable bonds is 1. The molecule has 4 nitrogen and oxygen atoms in total. The third-order valence-corrected chi connectivity index (χ3v) is 1.98. The van der Waals surface area contributed by atoms with Crippen LogP contribution in [0.25, 0.3) is 0 Å². The topological polar surface area (TPSA) is 37.4 Å². The van der Waals surface area contributed by atoms with Crippen molar-refractivity contribution in [2.45, 2.75) is 0 Å². The molecular formula is C11H19N3O. The van der Waals surface area contributed by atoms with Crippen LogP contribution in [0.2, 0.25) is 0 Å². The molecule has 1 saturated heterocycles. The van der Waals surface area contributed by atoms with Gasteiger partial charge in [-0.3, -0.25) is 0 Å². The molecule has 1 aromatic rings.